The van der Waals surface area contributed by atoms with E-state index in [0.29, 0.717) is 12.2 Å². The number of allylic oxidation sites excluding steroid dienone is 1. The van der Waals surface area contributed by atoms with Gasteiger partial charge in [-0.3, -0.25) is 4.79 Å². The smallest absolute Gasteiger partial charge is 0.312 e. The van der Waals surface area contributed by atoms with E-state index in [9.17, 15) is 4.79 Å². The molecule has 0 fully saturated rings. The summed E-state index contributed by atoms with van der Waals surface area (Å²) in [5, 5.41) is 0. The van der Waals surface area contributed by atoms with Crippen LogP contribution < -0.4 is 4.74 Å². The number of benzene rings is 2. The summed E-state index contributed by atoms with van der Waals surface area (Å²) >= 11 is 0. The molecule has 0 aliphatic carbocycles. The monoisotopic (exact) mass is 350 g/mol. The van der Waals surface area contributed by atoms with Crippen LogP contribution >= 0.6 is 0 Å². The topological polar surface area (TPSA) is 26.3 Å². The number of ether oxygens (including phenoxy) is 1. The normalized spacial score (nSPS) is 11.9. The van der Waals surface area contributed by atoms with Gasteiger partial charge in [0, 0.05) is 5.41 Å². The van der Waals surface area contributed by atoms with Gasteiger partial charge in [0.2, 0.25) is 0 Å². The average molecular weight is 351 g/mol. The summed E-state index contributed by atoms with van der Waals surface area (Å²) in [5.41, 5.74) is 4.21. The van der Waals surface area contributed by atoms with Gasteiger partial charge in [-0.2, -0.15) is 0 Å². The molecular weight excluding hydrogens is 320 g/mol. The minimum absolute atomic E-state index is 0.0822. The van der Waals surface area contributed by atoms with E-state index in [4.69, 9.17) is 4.74 Å². The predicted molar refractivity (Wildman–Crippen MR) is 110 cm³/mol. The molecule has 0 unspecified atom stereocenters. The Morgan fingerprint density at radius 2 is 1.58 bits per heavy atom. The Balaban J connectivity index is 2.08. The third-order valence-corrected chi connectivity index (χ3v) is 4.68. The fraction of sp³-hybridized carbons (Fsp3) is 0.375. The molecule has 0 saturated heterocycles. The van der Waals surface area contributed by atoms with Crippen molar-refractivity contribution in [2.24, 2.45) is 0 Å². The minimum Gasteiger partial charge on any atom is -0.427 e. The zero-order chi connectivity index (χ0) is 19.5. The number of rotatable bonds is 5. The van der Waals surface area contributed by atoms with Gasteiger partial charge < -0.3 is 4.74 Å². The van der Waals surface area contributed by atoms with Crippen LogP contribution in [0, 0.1) is 0 Å². The number of esters is 1. The maximum absolute atomic E-state index is 12.5. The molecule has 0 aliphatic rings. The van der Waals surface area contributed by atoms with E-state index in [1.54, 1.807) is 0 Å². The van der Waals surface area contributed by atoms with Gasteiger partial charge in [-0.25, -0.2) is 0 Å². The van der Waals surface area contributed by atoms with Gasteiger partial charge >= 0.3 is 5.97 Å². The van der Waals surface area contributed by atoms with Crippen LogP contribution in [0.5, 0.6) is 5.75 Å². The molecule has 2 aromatic carbocycles. The highest BCUT2D eigenvalue weighted by atomic mass is 16.5. The number of carbonyl (C=O) groups excluding carboxylic acids is 1. The summed E-state index contributed by atoms with van der Waals surface area (Å²) in [6.45, 7) is 16.6. The lowest BCUT2D eigenvalue weighted by Crippen LogP contribution is -2.24. The highest BCUT2D eigenvalue weighted by Gasteiger charge is 2.26. The molecule has 0 atom stereocenters. The third kappa shape index (κ3) is 5.08. The van der Waals surface area contributed by atoms with E-state index in [0.717, 1.165) is 16.7 Å². The summed E-state index contributed by atoms with van der Waals surface area (Å²) in [5.74, 6) is 0.369. The maximum atomic E-state index is 12.5. The third-order valence-electron chi connectivity index (χ3n) is 4.68. The van der Waals surface area contributed by atoms with Crippen LogP contribution in [0.4, 0.5) is 0 Å². The second-order valence-corrected chi connectivity index (χ2v) is 8.67. The molecule has 0 saturated carbocycles. The number of hydrogen-bond donors (Lipinski definition) is 0. The van der Waals surface area contributed by atoms with Gasteiger partial charge in [-0.1, -0.05) is 83.2 Å². The van der Waals surface area contributed by atoms with Crippen LogP contribution in [0.15, 0.2) is 55.1 Å². The average Bonchev–Trinajstić information content (AvgIpc) is 2.54. The highest BCUT2D eigenvalue weighted by molar-refractivity contribution is 5.74. The second kappa shape index (κ2) is 7.49. The fourth-order valence-electron chi connectivity index (χ4n) is 2.86. The Morgan fingerprint density at radius 3 is 2.12 bits per heavy atom. The Bertz CT molecular complexity index is 790. The molecule has 0 N–H and O–H groups in total. The lowest BCUT2D eigenvalue weighted by molar-refractivity contribution is -0.135. The fourth-order valence-corrected chi connectivity index (χ4v) is 2.86. The van der Waals surface area contributed by atoms with Crippen LogP contribution in [0.3, 0.4) is 0 Å². The summed E-state index contributed by atoms with van der Waals surface area (Å²) in [7, 11) is 0. The lowest BCUT2D eigenvalue weighted by Gasteiger charge is -2.25. The van der Waals surface area contributed by atoms with E-state index in [-0.39, 0.29) is 16.8 Å². The van der Waals surface area contributed by atoms with Crippen molar-refractivity contribution in [1.82, 2.24) is 0 Å². The van der Waals surface area contributed by atoms with E-state index in [1.165, 1.54) is 5.56 Å². The Hall–Kier alpha value is -2.35. The molecule has 0 amide bonds. The molecule has 138 valence electrons. The van der Waals surface area contributed by atoms with Crippen molar-refractivity contribution in [1.29, 1.82) is 0 Å². The molecule has 2 aromatic rings. The van der Waals surface area contributed by atoms with Crippen LogP contribution in [-0.4, -0.2) is 5.97 Å². The number of hydrogen-bond acceptors (Lipinski definition) is 2. The van der Waals surface area contributed by atoms with E-state index in [2.05, 4.69) is 53.3 Å². The van der Waals surface area contributed by atoms with Crippen LogP contribution in [0.1, 0.15) is 64.7 Å². The predicted octanol–water partition coefficient (Wildman–Crippen LogP) is 6.29. The van der Waals surface area contributed by atoms with Crippen LogP contribution in [0.25, 0.3) is 5.57 Å². The Labute approximate surface area is 157 Å². The second-order valence-electron chi connectivity index (χ2n) is 8.67. The molecule has 2 rings (SSSR count). The van der Waals surface area contributed by atoms with E-state index >= 15 is 0 Å². The molecule has 0 aromatic heterocycles. The SMILES string of the molecule is C=C(C)c1cccc(C(C)(C)CC(=O)Oc2ccc(C(C)(C)C)cc2)c1. The van der Waals surface area contributed by atoms with Crippen LogP contribution in [0.2, 0.25) is 0 Å². The summed E-state index contributed by atoms with van der Waals surface area (Å²) < 4.78 is 5.56. The summed E-state index contributed by atoms with van der Waals surface area (Å²) in [4.78, 5) is 12.5. The van der Waals surface area contributed by atoms with Crippen molar-refractivity contribution in [3.63, 3.8) is 0 Å². The molecule has 2 nitrogen and oxygen atoms in total. The molecule has 0 aliphatic heterocycles. The number of carbonyl (C=O) groups is 1. The van der Waals surface area contributed by atoms with Gasteiger partial charge in [-0.05, 0) is 41.2 Å². The molecule has 0 heterocycles. The van der Waals surface area contributed by atoms with Crippen molar-refractivity contribution in [3.05, 3.63) is 71.8 Å². The van der Waals surface area contributed by atoms with Crippen molar-refractivity contribution in [3.8, 4) is 5.75 Å². The van der Waals surface area contributed by atoms with Crippen molar-refractivity contribution in [2.75, 3.05) is 0 Å². The van der Waals surface area contributed by atoms with E-state index in [1.807, 2.05) is 43.3 Å². The van der Waals surface area contributed by atoms with Gasteiger partial charge in [0.1, 0.15) is 5.75 Å². The first-order valence-corrected chi connectivity index (χ1v) is 9.07. The van der Waals surface area contributed by atoms with Crippen LogP contribution in [-0.2, 0) is 15.6 Å². The first-order valence-electron chi connectivity index (χ1n) is 9.07. The molecule has 26 heavy (non-hydrogen) atoms. The van der Waals surface area contributed by atoms with E-state index < -0.39 is 0 Å². The van der Waals surface area contributed by atoms with Gasteiger partial charge in [0.25, 0.3) is 0 Å². The molecular formula is C24H30O2. The molecule has 0 bridgehead atoms. The molecule has 2 heteroatoms. The van der Waals surface area contributed by atoms with Crippen molar-refractivity contribution >= 4 is 11.5 Å². The van der Waals surface area contributed by atoms with Gasteiger partial charge in [0.15, 0.2) is 0 Å². The highest BCUT2D eigenvalue weighted by Crippen LogP contribution is 2.30. The Morgan fingerprint density at radius 1 is 0.962 bits per heavy atom. The first-order chi connectivity index (χ1) is 12.0. The molecule has 0 spiro atoms. The Kier molecular flexibility index (Phi) is 5.75. The maximum Gasteiger partial charge on any atom is 0.312 e. The van der Waals surface area contributed by atoms with Crippen molar-refractivity contribution in [2.45, 2.75) is 58.8 Å². The zero-order valence-corrected chi connectivity index (χ0v) is 16.8. The first kappa shape index (κ1) is 20.0. The minimum atomic E-state index is -0.312. The van der Waals surface area contributed by atoms with Crippen molar-refractivity contribution < 1.29 is 9.53 Å². The van der Waals surface area contributed by atoms with Gasteiger partial charge in [0.05, 0.1) is 6.42 Å². The van der Waals surface area contributed by atoms with Gasteiger partial charge in [-0.15, -0.1) is 0 Å². The lowest BCUT2D eigenvalue weighted by atomic mass is 9.80. The zero-order valence-electron chi connectivity index (χ0n) is 16.8. The summed E-state index contributed by atoms with van der Waals surface area (Å²) in [6.07, 6.45) is 0.313. The quantitative estimate of drug-likeness (QED) is 0.468. The largest absolute Gasteiger partial charge is 0.427 e. The molecule has 0 radical (unpaired) electrons. The summed E-state index contributed by atoms with van der Waals surface area (Å²) in [6, 6.07) is 16.0. The standard InChI is InChI=1S/C24H30O2/c1-17(2)18-9-8-10-20(15-18)24(6,7)16-22(25)26-21-13-11-19(12-14-21)23(3,4)5/h8-15H,1,16H2,2-7H3.